The fourth-order valence-corrected chi connectivity index (χ4v) is 2.22. The predicted molar refractivity (Wildman–Crippen MR) is 68.6 cm³/mol. The van der Waals surface area contributed by atoms with Crippen molar-refractivity contribution in [3.63, 3.8) is 0 Å². The lowest BCUT2D eigenvalue weighted by Gasteiger charge is -2.35. The number of methoxy groups -OCH3 is 1. The first-order valence-electron chi connectivity index (χ1n) is 5.69. The smallest absolute Gasteiger partial charge is 0.252 e. The lowest BCUT2D eigenvalue weighted by atomic mass is 9.98. The van der Waals surface area contributed by atoms with Gasteiger partial charge in [0.1, 0.15) is 11.2 Å². The molecule has 1 unspecified atom stereocenters. The molecular weight excluding hydrogens is 232 g/mol. The van der Waals surface area contributed by atoms with Crippen molar-refractivity contribution >= 4 is 28.3 Å². The van der Waals surface area contributed by atoms with E-state index >= 15 is 0 Å². The molecule has 94 valence electrons. The maximum absolute atomic E-state index is 12.1. The molecule has 3 rings (SSSR count). The van der Waals surface area contributed by atoms with Gasteiger partial charge in [0, 0.05) is 18.7 Å². The van der Waals surface area contributed by atoms with Gasteiger partial charge in [-0.1, -0.05) is 0 Å². The molecule has 2 aromatic heterocycles. The van der Waals surface area contributed by atoms with E-state index in [0.717, 1.165) is 16.7 Å². The van der Waals surface area contributed by atoms with Crippen molar-refractivity contribution in [2.75, 3.05) is 24.4 Å². The fourth-order valence-electron chi connectivity index (χ4n) is 2.22. The van der Waals surface area contributed by atoms with Crippen LogP contribution in [0.25, 0.3) is 11.0 Å². The number of nitrogens with zero attached hydrogens (tertiary/aromatic N) is 1. The molecule has 6 heteroatoms. The molecule has 0 aromatic carbocycles. The van der Waals surface area contributed by atoms with Crippen molar-refractivity contribution in [1.29, 1.82) is 0 Å². The molecule has 1 aliphatic heterocycles. The SMILES string of the molecule is COCC1(C)Nc2c(cnc3[nH]ccc23)NC1=O. The molecule has 1 amide bonds. The summed E-state index contributed by atoms with van der Waals surface area (Å²) in [5.41, 5.74) is 1.59. The number of aromatic amines is 1. The van der Waals surface area contributed by atoms with Gasteiger partial charge in [0.25, 0.3) is 5.91 Å². The van der Waals surface area contributed by atoms with E-state index in [2.05, 4.69) is 20.6 Å². The molecule has 18 heavy (non-hydrogen) atoms. The number of hydrogen-bond donors (Lipinski definition) is 3. The second-order valence-corrected chi connectivity index (χ2v) is 4.63. The number of fused-ring (bicyclic) bond motifs is 3. The van der Waals surface area contributed by atoms with Crippen LogP contribution in [0.4, 0.5) is 11.4 Å². The fraction of sp³-hybridized carbons (Fsp3) is 0.333. The molecule has 3 N–H and O–H groups in total. The normalized spacial score (nSPS) is 22.4. The first-order valence-corrected chi connectivity index (χ1v) is 5.69. The minimum absolute atomic E-state index is 0.117. The van der Waals surface area contributed by atoms with Crippen LogP contribution in [0.15, 0.2) is 18.5 Å². The van der Waals surface area contributed by atoms with Gasteiger partial charge in [0.05, 0.1) is 24.2 Å². The topological polar surface area (TPSA) is 79.0 Å². The van der Waals surface area contributed by atoms with Gasteiger partial charge < -0.3 is 20.4 Å². The molecule has 0 saturated carbocycles. The van der Waals surface area contributed by atoms with E-state index in [0.29, 0.717) is 12.3 Å². The van der Waals surface area contributed by atoms with Crippen molar-refractivity contribution in [1.82, 2.24) is 9.97 Å². The van der Waals surface area contributed by atoms with Crippen molar-refractivity contribution in [2.24, 2.45) is 0 Å². The van der Waals surface area contributed by atoms with Crippen molar-refractivity contribution in [3.05, 3.63) is 18.5 Å². The van der Waals surface area contributed by atoms with Gasteiger partial charge in [0.15, 0.2) is 0 Å². The van der Waals surface area contributed by atoms with Gasteiger partial charge in [-0.15, -0.1) is 0 Å². The predicted octanol–water partition coefficient (Wildman–Crippen LogP) is 1.33. The van der Waals surface area contributed by atoms with Crippen LogP contribution < -0.4 is 10.6 Å². The average Bonchev–Trinajstić information content (AvgIpc) is 2.80. The number of carbonyl (C=O) groups excluding carboxylic acids is 1. The van der Waals surface area contributed by atoms with Crippen molar-refractivity contribution in [2.45, 2.75) is 12.5 Å². The Morgan fingerprint density at radius 1 is 1.50 bits per heavy atom. The molecular formula is C12H14N4O2. The Balaban J connectivity index is 2.13. The first-order chi connectivity index (χ1) is 8.64. The van der Waals surface area contributed by atoms with E-state index in [9.17, 15) is 4.79 Å². The van der Waals surface area contributed by atoms with Gasteiger partial charge in [-0.05, 0) is 13.0 Å². The summed E-state index contributed by atoms with van der Waals surface area (Å²) < 4.78 is 5.12. The summed E-state index contributed by atoms with van der Waals surface area (Å²) in [5.74, 6) is -0.117. The van der Waals surface area contributed by atoms with Gasteiger partial charge in [-0.25, -0.2) is 4.98 Å². The summed E-state index contributed by atoms with van der Waals surface area (Å²) in [6, 6.07) is 1.93. The Bertz CT molecular complexity index is 622. The Kier molecular flexibility index (Phi) is 2.27. The summed E-state index contributed by atoms with van der Waals surface area (Å²) in [7, 11) is 1.58. The van der Waals surface area contributed by atoms with E-state index in [1.165, 1.54) is 0 Å². The van der Waals surface area contributed by atoms with Crippen LogP contribution in [0.3, 0.4) is 0 Å². The highest BCUT2D eigenvalue weighted by Crippen LogP contribution is 2.35. The van der Waals surface area contributed by atoms with E-state index in [4.69, 9.17) is 4.74 Å². The third-order valence-corrected chi connectivity index (χ3v) is 3.17. The molecule has 1 aliphatic rings. The van der Waals surface area contributed by atoms with E-state index in [-0.39, 0.29) is 5.91 Å². The van der Waals surface area contributed by atoms with E-state index < -0.39 is 5.54 Å². The van der Waals surface area contributed by atoms with Gasteiger partial charge in [-0.3, -0.25) is 4.79 Å². The summed E-state index contributed by atoms with van der Waals surface area (Å²) in [5, 5.41) is 7.07. The van der Waals surface area contributed by atoms with Crippen molar-refractivity contribution in [3.8, 4) is 0 Å². The average molecular weight is 246 g/mol. The minimum Gasteiger partial charge on any atom is -0.382 e. The zero-order chi connectivity index (χ0) is 12.8. The lowest BCUT2D eigenvalue weighted by molar-refractivity contribution is -0.121. The second-order valence-electron chi connectivity index (χ2n) is 4.63. The molecule has 0 fully saturated rings. The number of hydrogen-bond acceptors (Lipinski definition) is 4. The summed E-state index contributed by atoms with van der Waals surface area (Å²) in [6.45, 7) is 2.11. The van der Waals surface area contributed by atoms with Crippen molar-refractivity contribution < 1.29 is 9.53 Å². The first kappa shape index (κ1) is 11.0. The maximum atomic E-state index is 12.1. The Hall–Kier alpha value is -2.08. The molecule has 6 nitrogen and oxygen atoms in total. The third-order valence-electron chi connectivity index (χ3n) is 3.17. The number of H-pyrrole nitrogens is 1. The summed E-state index contributed by atoms with van der Waals surface area (Å²) in [6.07, 6.45) is 3.47. The number of anilines is 2. The number of nitrogens with one attached hydrogen (secondary N) is 3. The molecule has 0 saturated heterocycles. The molecule has 1 atom stereocenters. The number of amides is 1. The van der Waals surface area contributed by atoms with Crippen LogP contribution in [-0.2, 0) is 9.53 Å². The zero-order valence-corrected chi connectivity index (χ0v) is 10.2. The standard InChI is InChI=1S/C12H14N4O2/c1-12(6-18-2)11(17)15-8-5-14-10-7(3-4-13-10)9(8)16-12/h3-5,16H,6H2,1-2H3,(H,13,14)(H,15,17). The van der Waals surface area contributed by atoms with Crippen LogP contribution in [0.5, 0.6) is 0 Å². The lowest BCUT2D eigenvalue weighted by Crippen LogP contribution is -2.53. The van der Waals surface area contributed by atoms with Gasteiger partial charge in [-0.2, -0.15) is 0 Å². The van der Waals surface area contributed by atoms with Crippen LogP contribution >= 0.6 is 0 Å². The number of aromatic nitrogens is 2. The molecule has 2 aromatic rings. The highest BCUT2D eigenvalue weighted by Gasteiger charge is 2.38. The molecule has 0 bridgehead atoms. The number of carbonyl (C=O) groups is 1. The minimum atomic E-state index is -0.771. The Morgan fingerprint density at radius 2 is 2.33 bits per heavy atom. The van der Waals surface area contributed by atoms with Crippen LogP contribution in [-0.4, -0.2) is 35.1 Å². The van der Waals surface area contributed by atoms with E-state index in [1.54, 1.807) is 13.3 Å². The summed E-state index contributed by atoms with van der Waals surface area (Å²) >= 11 is 0. The number of rotatable bonds is 2. The molecule has 0 radical (unpaired) electrons. The van der Waals surface area contributed by atoms with Gasteiger partial charge in [0.2, 0.25) is 0 Å². The van der Waals surface area contributed by atoms with Crippen LogP contribution in [0, 0.1) is 0 Å². The number of ether oxygens (including phenoxy) is 1. The maximum Gasteiger partial charge on any atom is 0.252 e. The number of pyridine rings is 1. The van der Waals surface area contributed by atoms with Crippen LogP contribution in [0.2, 0.25) is 0 Å². The largest absolute Gasteiger partial charge is 0.382 e. The highest BCUT2D eigenvalue weighted by molar-refractivity contribution is 6.11. The molecule has 3 heterocycles. The van der Waals surface area contributed by atoms with Gasteiger partial charge >= 0.3 is 0 Å². The molecule has 0 spiro atoms. The zero-order valence-electron chi connectivity index (χ0n) is 10.2. The van der Waals surface area contributed by atoms with Crippen LogP contribution in [0.1, 0.15) is 6.92 Å². The Morgan fingerprint density at radius 3 is 3.11 bits per heavy atom. The third kappa shape index (κ3) is 1.46. The molecule has 0 aliphatic carbocycles. The summed E-state index contributed by atoms with van der Waals surface area (Å²) in [4.78, 5) is 19.3. The highest BCUT2D eigenvalue weighted by atomic mass is 16.5. The van der Waals surface area contributed by atoms with E-state index in [1.807, 2.05) is 19.2 Å². The quantitative estimate of drug-likeness (QED) is 0.747. The Labute approximate surface area is 104 Å². The second kappa shape index (κ2) is 3.71. The monoisotopic (exact) mass is 246 g/mol.